The molecule has 0 amide bonds. The molecular formula is C18H12N3O4-. The van der Waals surface area contributed by atoms with Crippen LogP contribution >= 0.6 is 0 Å². The lowest BCUT2D eigenvalue weighted by atomic mass is 10.1. The van der Waals surface area contributed by atoms with Gasteiger partial charge >= 0.3 is 0 Å². The number of para-hydroxylation sites is 1. The number of fused-ring (bicyclic) bond motifs is 1. The SMILES string of the molecule is O=C([O-])C(=CC(=O)c1ccccc1)N=Nc1c(O)[nH]c2ccccc12. The highest BCUT2D eigenvalue weighted by molar-refractivity contribution is 6.08. The van der Waals surface area contributed by atoms with Crippen LogP contribution in [0.3, 0.4) is 0 Å². The Morgan fingerprint density at radius 1 is 1.04 bits per heavy atom. The van der Waals surface area contributed by atoms with Crippen molar-refractivity contribution in [1.29, 1.82) is 0 Å². The zero-order valence-electron chi connectivity index (χ0n) is 12.8. The van der Waals surface area contributed by atoms with Crippen LogP contribution in [0.2, 0.25) is 0 Å². The van der Waals surface area contributed by atoms with Crippen LogP contribution in [0.5, 0.6) is 5.88 Å². The van der Waals surface area contributed by atoms with Crippen molar-refractivity contribution in [2.45, 2.75) is 0 Å². The first-order valence-corrected chi connectivity index (χ1v) is 7.30. The molecule has 0 saturated carbocycles. The van der Waals surface area contributed by atoms with E-state index in [1.807, 2.05) is 0 Å². The number of nitrogens with one attached hydrogen (secondary N) is 1. The van der Waals surface area contributed by atoms with Gasteiger partial charge in [0.05, 0.1) is 11.5 Å². The summed E-state index contributed by atoms with van der Waals surface area (Å²) in [7, 11) is 0. The molecule has 0 unspecified atom stereocenters. The van der Waals surface area contributed by atoms with Gasteiger partial charge in [-0.3, -0.25) is 4.79 Å². The standard InChI is InChI=1S/C18H13N3O4/c22-15(11-6-2-1-3-7-11)10-14(18(24)25)20-21-16-12-8-4-5-9-13(12)19-17(16)23/h1-10,19,23H,(H,24,25)/p-1. The predicted octanol–water partition coefficient (Wildman–Crippen LogP) is 2.47. The number of carbonyl (C=O) groups is 2. The Bertz CT molecular complexity index is 1000. The number of aliphatic carboxylic acids is 1. The fourth-order valence-corrected chi connectivity index (χ4v) is 2.26. The number of carboxylic acids is 1. The summed E-state index contributed by atoms with van der Waals surface area (Å²) in [5, 5.41) is 29.0. The summed E-state index contributed by atoms with van der Waals surface area (Å²) in [5.74, 6) is -2.44. The molecule has 7 heteroatoms. The number of rotatable bonds is 5. The summed E-state index contributed by atoms with van der Waals surface area (Å²) in [6, 6.07) is 15.1. The summed E-state index contributed by atoms with van der Waals surface area (Å²) >= 11 is 0. The van der Waals surface area contributed by atoms with Gasteiger partial charge in [-0.2, -0.15) is 0 Å². The number of benzene rings is 2. The molecule has 1 heterocycles. The molecule has 0 aliphatic rings. The third-order valence-corrected chi connectivity index (χ3v) is 3.45. The van der Waals surface area contributed by atoms with E-state index in [0.717, 1.165) is 6.08 Å². The number of carboxylic acid groups (broad SMARTS) is 1. The van der Waals surface area contributed by atoms with E-state index >= 15 is 0 Å². The van der Waals surface area contributed by atoms with Crippen molar-refractivity contribution in [2.24, 2.45) is 10.2 Å². The van der Waals surface area contributed by atoms with E-state index in [1.54, 1.807) is 54.6 Å². The Morgan fingerprint density at radius 2 is 1.72 bits per heavy atom. The second kappa shape index (κ2) is 6.79. The van der Waals surface area contributed by atoms with E-state index in [1.165, 1.54) is 0 Å². The molecule has 25 heavy (non-hydrogen) atoms. The number of aromatic amines is 1. The fourth-order valence-electron chi connectivity index (χ4n) is 2.26. The highest BCUT2D eigenvalue weighted by Crippen LogP contribution is 2.35. The van der Waals surface area contributed by atoms with Crippen LogP contribution in [-0.4, -0.2) is 21.8 Å². The average molecular weight is 334 g/mol. The summed E-state index contributed by atoms with van der Waals surface area (Å²) in [5.41, 5.74) is 0.369. The quantitative estimate of drug-likeness (QED) is 0.423. The Morgan fingerprint density at radius 3 is 2.44 bits per heavy atom. The molecule has 2 aromatic carbocycles. The van der Waals surface area contributed by atoms with E-state index in [2.05, 4.69) is 15.2 Å². The Kier molecular flexibility index (Phi) is 4.38. The molecule has 7 nitrogen and oxygen atoms in total. The zero-order chi connectivity index (χ0) is 17.8. The topological polar surface area (TPSA) is 118 Å². The third kappa shape index (κ3) is 3.45. The molecule has 2 N–H and O–H groups in total. The van der Waals surface area contributed by atoms with Gasteiger partial charge in [0, 0.05) is 17.0 Å². The van der Waals surface area contributed by atoms with Crippen molar-refractivity contribution in [2.75, 3.05) is 0 Å². The first-order chi connectivity index (χ1) is 12.1. The fraction of sp³-hybridized carbons (Fsp3) is 0. The van der Waals surface area contributed by atoms with Crippen LogP contribution in [0.1, 0.15) is 10.4 Å². The molecule has 3 aromatic rings. The van der Waals surface area contributed by atoms with Gasteiger partial charge in [0.1, 0.15) is 5.70 Å². The number of aromatic hydroxyl groups is 1. The number of nitrogens with zero attached hydrogens (tertiary/aromatic N) is 2. The van der Waals surface area contributed by atoms with Crippen LogP contribution in [0.15, 0.2) is 76.6 Å². The number of hydrogen-bond acceptors (Lipinski definition) is 6. The molecule has 124 valence electrons. The number of hydrogen-bond donors (Lipinski definition) is 2. The highest BCUT2D eigenvalue weighted by Gasteiger charge is 2.10. The van der Waals surface area contributed by atoms with Gasteiger partial charge in [0.2, 0.25) is 5.88 Å². The lowest BCUT2D eigenvalue weighted by Gasteiger charge is -2.01. The summed E-state index contributed by atoms with van der Waals surface area (Å²) < 4.78 is 0. The lowest BCUT2D eigenvalue weighted by Crippen LogP contribution is -2.24. The first-order valence-electron chi connectivity index (χ1n) is 7.30. The summed E-state index contributed by atoms with van der Waals surface area (Å²) in [4.78, 5) is 26.0. The minimum Gasteiger partial charge on any atom is -0.543 e. The van der Waals surface area contributed by atoms with Gasteiger partial charge in [0.25, 0.3) is 0 Å². The maximum absolute atomic E-state index is 12.1. The van der Waals surface area contributed by atoms with Crippen LogP contribution in [0.25, 0.3) is 10.9 Å². The Balaban J connectivity index is 1.95. The number of H-pyrrole nitrogens is 1. The van der Waals surface area contributed by atoms with Crippen molar-refractivity contribution < 1.29 is 19.8 Å². The van der Waals surface area contributed by atoms with E-state index < -0.39 is 17.4 Å². The van der Waals surface area contributed by atoms with Gasteiger partial charge in [-0.05, 0) is 6.07 Å². The van der Waals surface area contributed by atoms with Crippen LogP contribution in [0.4, 0.5) is 5.69 Å². The van der Waals surface area contributed by atoms with Crippen molar-refractivity contribution in [3.63, 3.8) is 0 Å². The number of ketones is 1. The minimum atomic E-state index is -1.65. The second-order valence-electron chi connectivity index (χ2n) is 5.12. The second-order valence-corrected chi connectivity index (χ2v) is 5.12. The molecule has 0 bridgehead atoms. The molecule has 0 fully saturated rings. The molecule has 0 aliphatic heterocycles. The number of allylic oxidation sites excluding steroid dienone is 1. The maximum Gasteiger partial charge on any atom is 0.218 e. The minimum absolute atomic E-state index is 0.0786. The lowest BCUT2D eigenvalue weighted by molar-refractivity contribution is -0.299. The molecule has 0 saturated heterocycles. The number of azo groups is 1. The average Bonchev–Trinajstić information content (AvgIpc) is 2.94. The van der Waals surface area contributed by atoms with Crippen LogP contribution in [-0.2, 0) is 4.79 Å². The van der Waals surface area contributed by atoms with Crippen LogP contribution < -0.4 is 5.11 Å². The van der Waals surface area contributed by atoms with Crippen molar-refractivity contribution in [3.05, 3.63) is 71.9 Å². The van der Waals surface area contributed by atoms with E-state index in [0.29, 0.717) is 16.5 Å². The van der Waals surface area contributed by atoms with Gasteiger partial charge in [-0.25, -0.2) is 0 Å². The largest absolute Gasteiger partial charge is 0.543 e. The number of aromatic nitrogens is 1. The Hall–Kier alpha value is -3.74. The predicted molar refractivity (Wildman–Crippen MR) is 88.3 cm³/mol. The third-order valence-electron chi connectivity index (χ3n) is 3.45. The molecule has 0 aliphatic carbocycles. The monoisotopic (exact) mass is 334 g/mol. The van der Waals surface area contributed by atoms with Crippen molar-refractivity contribution in [1.82, 2.24) is 4.98 Å². The van der Waals surface area contributed by atoms with Crippen molar-refractivity contribution in [3.8, 4) is 5.88 Å². The van der Waals surface area contributed by atoms with E-state index in [4.69, 9.17) is 0 Å². The molecule has 1 aromatic heterocycles. The molecule has 0 atom stereocenters. The van der Waals surface area contributed by atoms with Gasteiger partial charge in [-0.1, -0.05) is 48.5 Å². The zero-order valence-corrected chi connectivity index (χ0v) is 12.8. The number of carbonyl (C=O) groups excluding carboxylic acids is 2. The van der Waals surface area contributed by atoms with E-state index in [9.17, 15) is 19.8 Å². The smallest absolute Gasteiger partial charge is 0.218 e. The summed E-state index contributed by atoms with van der Waals surface area (Å²) in [6.45, 7) is 0. The molecule has 3 rings (SSSR count). The molecule has 0 spiro atoms. The highest BCUT2D eigenvalue weighted by atomic mass is 16.4. The van der Waals surface area contributed by atoms with E-state index in [-0.39, 0.29) is 11.6 Å². The van der Waals surface area contributed by atoms with Crippen LogP contribution in [0, 0.1) is 0 Å². The normalized spacial score (nSPS) is 11.9. The maximum atomic E-state index is 12.1. The summed E-state index contributed by atoms with van der Waals surface area (Å²) in [6.07, 6.45) is 0.833. The molecular weight excluding hydrogens is 322 g/mol. The molecule has 0 radical (unpaired) electrons. The van der Waals surface area contributed by atoms with Gasteiger partial charge in [-0.15, -0.1) is 10.2 Å². The van der Waals surface area contributed by atoms with Crippen molar-refractivity contribution >= 4 is 28.3 Å². The first kappa shape index (κ1) is 16.1. The van der Waals surface area contributed by atoms with Gasteiger partial charge in [0.15, 0.2) is 11.5 Å². The van der Waals surface area contributed by atoms with Gasteiger partial charge < -0.3 is 20.0 Å². The Labute approximate surface area is 142 Å².